The standard InChI is InChI=1S/C8H9ClN4/c9-7-8(11-4-3-10-7)13-12-5-6-1-2-6/h3-6H,1-2H2,(H,11,13)/b12-5+. The number of anilines is 1. The minimum absolute atomic E-state index is 0.343. The van der Waals surface area contributed by atoms with E-state index in [1.54, 1.807) is 6.20 Å². The van der Waals surface area contributed by atoms with Gasteiger partial charge in [0.05, 0.1) is 0 Å². The zero-order chi connectivity index (χ0) is 9.10. The van der Waals surface area contributed by atoms with Crippen molar-refractivity contribution in [1.82, 2.24) is 9.97 Å². The molecule has 1 N–H and O–H groups in total. The first-order valence-corrected chi connectivity index (χ1v) is 4.50. The molecule has 1 heterocycles. The summed E-state index contributed by atoms with van der Waals surface area (Å²) in [5, 5.41) is 4.35. The second-order valence-electron chi connectivity index (χ2n) is 2.92. The van der Waals surface area contributed by atoms with Crippen molar-refractivity contribution in [2.75, 3.05) is 5.43 Å². The van der Waals surface area contributed by atoms with E-state index in [0.29, 0.717) is 16.9 Å². The van der Waals surface area contributed by atoms with Gasteiger partial charge in [0.25, 0.3) is 0 Å². The molecule has 4 nitrogen and oxygen atoms in total. The van der Waals surface area contributed by atoms with Crippen LogP contribution in [0.1, 0.15) is 12.8 Å². The molecule has 1 aliphatic carbocycles. The number of hydrogen-bond acceptors (Lipinski definition) is 4. The van der Waals surface area contributed by atoms with Gasteiger partial charge in [0.15, 0.2) is 11.0 Å². The van der Waals surface area contributed by atoms with Crippen molar-refractivity contribution in [2.45, 2.75) is 12.8 Å². The van der Waals surface area contributed by atoms with Crippen molar-refractivity contribution < 1.29 is 0 Å². The Balaban J connectivity index is 1.96. The lowest BCUT2D eigenvalue weighted by molar-refractivity contribution is 1.14. The van der Waals surface area contributed by atoms with E-state index in [9.17, 15) is 0 Å². The summed E-state index contributed by atoms with van der Waals surface area (Å²) in [6, 6.07) is 0. The van der Waals surface area contributed by atoms with Crippen LogP contribution >= 0.6 is 11.6 Å². The fraction of sp³-hybridized carbons (Fsp3) is 0.375. The Morgan fingerprint density at radius 2 is 2.23 bits per heavy atom. The van der Waals surface area contributed by atoms with E-state index in [1.165, 1.54) is 19.0 Å². The lowest BCUT2D eigenvalue weighted by Crippen LogP contribution is -1.95. The normalized spacial score (nSPS) is 16.4. The zero-order valence-corrected chi connectivity index (χ0v) is 7.70. The number of nitrogens with zero attached hydrogens (tertiary/aromatic N) is 3. The molecule has 1 aromatic rings. The first kappa shape index (κ1) is 8.44. The van der Waals surface area contributed by atoms with E-state index in [4.69, 9.17) is 11.6 Å². The maximum atomic E-state index is 5.75. The Morgan fingerprint density at radius 1 is 1.46 bits per heavy atom. The van der Waals surface area contributed by atoms with Gasteiger partial charge in [-0.1, -0.05) is 11.6 Å². The molecule has 2 rings (SSSR count). The highest BCUT2D eigenvalue weighted by molar-refractivity contribution is 6.31. The van der Waals surface area contributed by atoms with Crippen LogP contribution in [-0.2, 0) is 0 Å². The minimum Gasteiger partial charge on any atom is -0.259 e. The number of aromatic nitrogens is 2. The first-order chi connectivity index (χ1) is 6.36. The molecule has 0 unspecified atom stereocenters. The topological polar surface area (TPSA) is 50.2 Å². The fourth-order valence-electron chi connectivity index (χ4n) is 0.845. The Kier molecular flexibility index (Phi) is 2.40. The van der Waals surface area contributed by atoms with E-state index in [0.717, 1.165) is 0 Å². The maximum Gasteiger partial charge on any atom is 0.184 e. The molecule has 1 aliphatic rings. The van der Waals surface area contributed by atoms with Crippen molar-refractivity contribution >= 4 is 23.6 Å². The molecular weight excluding hydrogens is 188 g/mol. The van der Waals surface area contributed by atoms with Crippen LogP contribution < -0.4 is 5.43 Å². The molecule has 0 saturated heterocycles. The van der Waals surface area contributed by atoms with Gasteiger partial charge >= 0.3 is 0 Å². The van der Waals surface area contributed by atoms with E-state index in [-0.39, 0.29) is 0 Å². The van der Waals surface area contributed by atoms with Crippen LogP contribution in [0, 0.1) is 5.92 Å². The predicted molar refractivity (Wildman–Crippen MR) is 51.9 cm³/mol. The van der Waals surface area contributed by atoms with Crippen molar-refractivity contribution in [2.24, 2.45) is 11.0 Å². The van der Waals surface area contributed by atoms with Gasteiger partial charge < -0.3 is 0 Å². The van der Waals surface area contributed by atoms with E-state index in [1.807, 2.05) is 6.21 Å². The number of hydrogen-bond donors (Lipinski definition) is 1. The highest BCUT2D eigenvalue weighted by Gasteiger charge is 2.18. The molecule has 5 heteroatoms. The third-order valence-electron chi connectivity index (χ3n) is 1.73. The second-order valence-corrected chi connectivity index (χ2v) is 3.28. The van der Waals surface area contributed by atoms with Crippen LogP contribution in [0.4, 0.5) is 5.82 Å². The van der Waals surface area contributed by atoms with Gasteiger partial charge in [-0.15, -0.1) is 0 Å². The molecule has 0 radical (unpaired) electrons. The van der Waals surface area contributed by atoms with Gasteiger partial charge in [0.2, 0.25) is 0 Å². The molecule has 13 heavy (non-hydrogen) atoms. The molecule has 0 bridgehead atoms. The van der Waals surface area contributed by atoms with Crippen LogP contribution in [0.5, 0.6) is 0 Å². The highest BCUT2D eigenvalue weighted by Crippen LogP contribution is 2.26. The Labute approximate surface area is 81.0 Å². The summed E-state index contributed by atoms with van der Waals surface area (Å²) < 4.78 is 0. The van der Waals surface area contributed by atoms with Crippen LogP contribution in [0.2, 0.25) is 5.15 Å². The van der Waals surface area contributed by atoms with Crippen molar-refractivity contribution in [3.05, 3.63) is 17.5 Å². The summed E-state index contributed by atoms with van der Waals surface area (Å²) >= 11 is 5.75. The average Bonchev–Trinajstić information content (AvgIpc) is 2.92. The van der Waals surface area contributed by atoms with E-state index < -0.39 is 0 Å². The summed E-state index contributed by atoms with van der Waals surface area (Å²) in [6.07, 6.45) is 7.46. The zero-order valence-electron chi connectivity index (χ0n) is 6.94. The summed E-state index contributed by atoms with van der Waals surface area (Å²) in [5.74, 6) is 1.14. The first-order valence-electron chi connectivity index (χ1n) is 4.12. The van der Waals surface area contributed by atoms with Crippen LogP contribution in [-0.4, -0.2) is 16.2 Å². The molecule has 0 aromatic carbocycles. The lowest BCUT2D eigenvalue weighted by Gasteiger charge is -1.98. The average molecular weight is 197 g/mol. The lowest BCUT2D eigenvalue weighted by atomic mass is 10.5. The third kappa shape index (κ3) is 2.39. The molecular formula is C8H9ClN4. The van der Waals surface area contributed by atoms with E-state index in [2.05, 4.69) is 20.5 Å². The summed E-state index contributed by atoms with van der Waals surface area (Å²) in [7, 11) is 0. The molecule has 0 aliphatic heterocycles. The predicted octanol–water partition coefficient (Wildman–Crippen LogP) is 1.94. The van der Waals surface area contributed by atoms with Gasteiger partial charge in [-0.2, -0.15) is 5.10 Å². The van der Waals surface area contributed by atoms with Crippen molar-refractivity contribution in [1.29, 1.82) is 0 Å². The van der Waals surface area contributed by atoms with Gasteiger partial charge in [-0.3, -0.25) is 5.43 Å². The highest BCUT2D eigenvalue weighted by atomic mass is 35.5. The molecule has 1 saturated carbocycles. The maximum absolute atomic E-state index is 5.75. The van der Waals surface area contributed by atoms with Crippen LogP contribution in [0.3, 0.4) is 0 Å². The molecule has 68 valence electrons. The molecule has 1 aromatic heterocycles. The summed E-state index contributed by atoms with van der Waals surface area (Å²) in [5.41, 5.74) is 2.75. The smallest absolute Gasteiger partial charge is 0.184 e. The van der Waals surface area contributed by atoms with Gasteiger partial charge in [-0.05, 0) is 18.8 Å². The minimum atomic E-state index is 0.343. The Bertz CT molecular complexity index is 322. The fourth-order valence-corrected chi connectivity index (χ4v) is 0.993. The van der Waals surface area contributed by atoms with Crippen LogP contribution in [0.15, 0.2) is 17.5 Å². The number of rotatable bonds is 3. The number of halogens is 1. The molecule has 1 fully saturated rings. The second kappa shape index (κ2) is 3.70. The Hall–Kier alpha value is -1.16. The van der Waals surface area contributed by atoms with E-state index >= 15 is 0 Å². The quantitative estimate of drug-likeness (QED) is 0.594. The van der Waals surface area contributed by atoms with Crippen molar-refractivity contribution in [3.8, 4) is 0 Å². The number of nitrogens with one attached hydrogen (secondary N) is 1. The summed E-state index contributed by atoms with van der Waals surface area (Å²) in [4.78, 5) is 7.84. The largest absolute Gasteiger partial charge is 0.259 e. The SMILES string of the molecule is Clc1nccnc1N/N=C/C1CC1. The summed E-state index contributed by atoms with van der Waals surface area (Å²) in [6.45, 7) is 0. The van der Waals surface area contributed by atoms with Gasteiger partial charge in [-0.25, -0.2) is 9.97 Å². The number of hydrazone groups is 1. The van der Waals surface area contributed by atoms with Gasteiger partial charge in [0, 0.05) is 18.6 Å². The van der Waals surface area contributed by atoms with Crippen molar-refractivity contribution in [3.63, 3.8) is 0 Å². The Morgan fingerprint density at radius 3 is 2.92 bits per heavy atom. The van der Waals surface area contributed by atoms with Crippen LogP contribution in [0.25, 0.3) is 0 Å². The molecule has 0 spiro atoms. The van der Waals surface area contributed by atoms with Gasteiger partial charge in [0.1, 0.15) is 0 Å². The molecule has 0 amide bonds. The monoisotopic (exact) mass is 196 g/mol. The third-order valence-corrected chi connectivity index (χ3v) is 2.01. The molecule has 0 atom stereocenters.